The number of hydrogen-bond donors (Lipinski definition) is 2. The molecule has 0 fully saturated rings. The van der Waals surface area contributed by atoms with Gasteiger partial charge in [-0.1, -0.05) is 17.7 Å². The van der Waals surface area contributed by atoms with Gasteiger partial charge in [-0.05, 0) is 19.1 Å². The average Bonchev–Trinajstić information content (AvgIpc) is 2.52. The monoisotopic (exact) mass is 335 g/mol. The van der Waals surface area contributed by atoms with Crippen LogP contribution in [0.3, 0.4) is 0 Å². The van der Waals surface area contributed by atoms with Gasteiger partial charge >= 0.3 is 0 Å². The number of aliphatic hydroxyl groups excluding tert-OH is 1. The predicted molar refractivity (Wildman–Crippen MR) is 72.5 cm³/mol. The third kappa shape index (κ3) is 2.68. The Bertz CT molecular complexity index is 741. The van der Waals surface area contributed by atoms with E-state index in [0.29, 0.717) is 0 Å². The molecule has 0 aliphatic carbocycles. The van der Waals surface area contributed by atoms with E-state index in [-0.39, 0.29) is 10.6 Å². The molecule has 21 heavy (non-hydrogen) atoms. The summed E-state index contributed by atoms with van der Waals surface area (Å²) in [5.74, 6) is -3.42. The molecule has 1 atom stereocenters. The van der Waals surface area contributed by atoms with Gasteiger partial charge in [-0.2, -0.15) is 0 Å². The zero-order chi connectivity index (χ0) is 16.0. The van der Waals surface area contributed by atoms with Crippen molar-refractivity contribution in [3.05, 3.63) is 46.2 Å². The summed E-state index contributed by atoms with van der Waals surface area (Å²) in [5.41, 5.74) is -2.24. The lowest BCUT2D eigenvalue weighted by Crippen LogP contribution is -2.33. The SMILES string of the molecule is CC1(c2c(F)cccc2Cl)OC(NS(C)(=O)=O)=C(O)C1=O. The second-order valence-corrected chi connectivity index (χ2v) is 6.77. The third-order valence-electron chi connectivity index (χ3n) is 2.89. The van der Waals surface area contributed by atoms with E-state index >= 15 is 0 Å². The predicted octanol–water partition coefficient (Wildman–Crippen LogP) is 1.57. The summed E-state index contributed by atoms with van der Waals surface area (Å²) in [5, 5.41) is 9.63. The molecule has 1 unspecified atom stereocenters. The molecule has 9 heteroatoms. The normalized spacial score (nSPS) is 22.4. The largest absolute Gasteiger partial charge is 0.501 e. The summed E-state index contributed by atoms with van der Waals surface area (Å²) < 4.78 is 43.3. The van der Waals surface area contributed by atoms with E-state index in [9.17, 15) is 22.7 Å². The Hall–Kier alpha value is -1.80. The van der Waals surface area contributed by atoms with E-state index in [1.165, 1.54) is 19.1 Å². The Morgan fingerprint density at radius 2 is 2.05 bits per heavy atom. The molecule has 1 aliphatic rings. The van der Waals surface area contributed by atoms with Gasteiger partial charge in [0.15, 0.2) is 0 Å². The zero-order valence-electron chi connectivity index (χ0n) is 11.0. The molecule has 0 aromatic heterocycles. The van der Waals surface area contributed by atoms with Crippen molar-refractivity contribution in [3.8, 4) is 0 Å². The molecule has 0 amide bonds. The van der Waals surface area contributed by atoms with Crippen molar-refractivity contribution in [1.82, 2.24) is 4.72 Å². The number of halogens is 2. The number of Topliss-reactive ketones (excluding diaryl/α,β-unsaturated/α-hetero) is 1. The summed E-state index contributed by atoms with van der Waals surface area (Å²) in [7, 11) is -3.79. The van der Waals surface area contributed by atoms with Crippen molar-refractivity contribution in [2.24, 2.45) is 0 Å². The molecule has 0 saturated heterocycles. The third-order valence-corrected chi connectivity index (χ3v) is 3.76. The maximum atomic E-state index is 14.0. The van der Waals surface area contributed by atoms with Crippen LogP contribution in [0.2, 0.25) is 5.02 Å². The highest BCUT2D eigenvalue weighted by atomic mass is 35.5. The number of carbonyl (C=O) groups is 1. The molecule has 0 radical (unpaired) electrons. The molecule has 6 nitrogen and oxygen atoms in total. The fraction of sp³-hybridized carbons (Fsp3) is 0.250. The first-order valence-electron chi connectivity index (χ1n) is 5.65. The van der Waals surface area contributed by atoms with Gasteiger partial charge in [0, 0.05) is 0 Å². The first kappa shape index (κ1) is 15.6. The summed E-state index contributed by atoms with van der Waals surface area (Å²) in [6.45, 7) is 1.19. The second-order valence-electron chi connectivity index (χ2n) is 4.61. The van der Waals surface area contributed by atoms with Gasteiger partial charge in [0.1, 0.15) is 5.82 Å². The molecule has 0 saturated carbocycles. The number of nitrogens with one attached hydrogen (secondary N) is 1. The van der Waals surface area contributed by atoms with E-state index in [0.717, 1.165) is 12.3 Å². The fourth-order valence-corrected chi connectivity index (χ4v) is 2.80. The molecule has 2 rings (SSSR count). The molecular formula is C12H11ClFNO5S. The number of rotatable bonds is 3. The first-order chi connectivity index (χ1) is 9.56. The van der Waals surface area contributed by atoms with E-state index in [1.807, 2.05) is 4.72 Å². The topological polar surface area (TPSA) is 92.7 Å². The van der Waals surface area contributed by atoms with E-state index in [1.54, 1.807) is 0 Å². The number of hydrogen-bond acceptors (Lipinski definition) is 5. The number of benzene rings is 1. The van der Waals surface area contributed by atoms with E-state index < -0.39 is 38.9 Å². The minimum absolute atomic E-state index is 0.0840. The van der Waals surface area contributed by atoms with Crippen LogP contribution in [-0.4, -0.2) is 25.6 Å². The van der Waals surface area contributed by atoms with Crippen LogP contribution in [-0.2, 0) is 25.2 Å². The van der Waals surface area contributed by atoms with Crippen molar-refractivity contribution in [2.45, 2.75) is 12.5 Å². The zero-order valence-corrected chi connectivity index (χ0v) is 12.5. The molecule has 1 aliphatic heterocycles. The molecule has 1 aromatic rings. The maximum Gasteiger partial charge on any atom is 0.250 e. The number of aliphatic hydroxyl groups is 1. The first-order valence-corrected chi connectivity index (χ1v) is 7.92. The molecule has 0 bridgehead atoms. The van der Waals surface area contributed by atoms with Crippen molar-refractivity contribution in [2.75, 3.05) is 6.26 Å². The molecule has 1 heterocycles. The second kappa shape index (κ2) is 4.88. The van der Waals surface area contributed by atoms with Gasteiger partial charge in [0.25, 0.3) is 5.78 Å². The number of carbonyl (C=O) groups excluding carboxylic acids is 1. The fourth-order valence-electron chi connectivity index (χ4n) is 1.98. The number of sulfonamides is 1. The standard InChI is InChI=1S/C12H11ClFNO5S/c1-12(8-6(13)4-3-5-7(8)14)10(17)9(16)11(20-12)15-21(2,18)19/h3-5,15-16H,1-2H3. The van der Waals surface area contributed by atoms with Gasteiger partial charge < -0.3 is 9.84 Å². The Morgan fingerprint density at radius 1 is 1.43 bits per heavy atom. The summed E-state index contributed by atoms with van der Waals surface area (Å²) in [6, 6.07) is 3.76. The van der Waals surface area contributed by atoms with Crippen LogP contribution in [0.1, 0.15) is 12.5 Å². The van der Waals surface area contributed by atoms with Crippen molar-refractivity contribution < 1.29 is 27.4 Å². The van der Waals surface area contributed by atoms with E-state index in [4.69, 9.17) is 16.3 Å². The van der Waals surface area contributed by atoms with Crippen LogP contribution < -0.4 is 4.72 Å². The van der Waals surface area contributed by atoms with Crippen LogP contribution in [0.4, 0.5) is 4.39 Å². The quantitative estimate of drug-likeness (QED) is 0.874. The lowest BCUT2D eigenvalue weighted by Gasteiger charge is -2.24. The Kier molecular flexibility index (Phi) is 3.63. The van der Waals surface area contributed by atoms with Crippen molar-refractivity contribution in [3.63, 3.8) is 0 Å². The summed E-state index contributed by atoms with van der Waals surface area (Å²) >= 11 is 5.88. The Labute approximate surface area is 125 Å². The Morgan fingerprint density at radius 3 is 2.57 bits per heavy atom. The Balaban J connectivity index is 2.51. The van der Waals surface area contributed by atoms with Gasteiger partial charge in [0.05, 0.1) is 16.8 Å². The van der Waals surface area contributed by atoms with Gasteiger partial charge in [-0.25, -0.2) is 12.8 Å². The van der Waals surface area contributed by atoms with Crippen LogP contribution in [0.25, 0.3) is 0 Å². The van der Waals surface area contributed by atoms with Crippen LogP contribution in [0.5, 0.6) is 0 Å². The maximum absolute atomic E-state index is 14.0. The molecule has 114 valence electrons. The summed E-state index contributed by atoms with van der Waals surface area (Å²) in [6.07, 6.45) is 0.812. The highest BCUT2D eigenvalue weighted by Gasteiger charge is 2.51. The van der Waals surface area contributed by atoms with Gasteiger partial charge in [-0.3, -0.25) is 9.52 Å². The number of ketones is 1. The smallest absolute Gasteiger partial charge is 0.250 e. The lowest BCUT2D eigenvalue weighted by atomic mass is 9.91. The van der Waals surface area contributed by atoms with Gasteiger partial charge in [-0.15, -0.1) is 0 Å². The summed E-state index contributed by atoms with van der Waals surface area (Å²) in [4.78, 5) is 12.1. The molecule has 1 aromatic carbocycles. The van der Waals surface area contributed by atoms with Crippen LogP contribution in [0, 0.1) is 5.82 Å². The number of ether oxygens (including phenoxy) is 1. The molecular weight excluding hydrogens is 325 g/mol. The highest BCUT2D eigenvalue weighted by molar-refractivity contribution is 7.88. The van der Waals surface area contributed by atoms with Crippen LogP contribution in [0.15, 0.2) is 29.8 Å². The highest BCUT2D eigenvalue weighted by Crippen LogP contribution is 2.41. The van der Waals surface area contributed by atoms with Crippen molar-refractivity contribution >= 4 is 27.4 Å². The average molecular weight is 336 g/mol. The molecule has 2 N–H and O–H groups in total. The van der Waals surface area contributed by atoms with Crippen molar-refractivity contribution in [1.29, 1.82) is 0 Å². The lowest BCUT2D eigenvalue weighted by molar-refractivity contribution is -0.132. The molecule has 0 spiro atoms. The minimum atomic E-state index is -3.79. The van der Waals surface area contributed by atoms with E-state index in [2.05, 4.69) is 0 Å². The van der Waals surface area contributed by atoms with Crippen LogP contribution >= 0.6 is 11.6 Å². The minimum Gasteiger partial charge on any atom is -0.501 e. The van der Waals surface area contributed by atoms with Gasteiger partial charge in [0.2, 0.25) is 27.3 Å².